The highest BCUT2D eigenvalue weighted by molar-refractivity contribution is 7.09. The second kappa shape index (κ2) is 11.1. The maximum Gasteiger partial charge on any atom is 0.273 e. The minimum atomic E-state index is -1.32. The van der Waals surface area contributed by atoms with Gasteiger partial charge in [0.15, 0.2) is 11.7 Å². The number of nitrogens with two attached hydrogens (primary N) is 2. The van der Waals surface area contributed by atoms with Gasteiger partial charge in [-0.15, -0.1) is 0 Å². The molecule has 0 aliphatic carbocycles. The molecule has 3 amide bonds. The standard InChI is InChI=1S/C26H24FN5O5S/c1-14-3-12-19(37-14)22(25(34)30-13-15-4-10-18(36-2)11-5-15)32(17-8-6-16(27)7-9-17)26(35)23-20(28)21(24(29)33)31-38-23/h3-12,22H,13,28H2,1-2H3,(H2,29,33)(H,30,34)/t22-/m1/s1. The van der Waals surface area contributed by atoms with Gasteiger partial charge in [0.1, 0.15) is 28.0 Å². The molecule has 5 N–H and O–H groups in total. The summed E-state index contributed by atoms with van der Waals surface area (Å²) in [7, 11) is 1.55. The maximum atomic E-state index is 13.9. The van der Waals surface area contributed by atoms with Crippen LogP contribution in [0, 0.1) is 12.7 Å². The van der Waals surface area contributed by atoms with Gasteiger partial charge in [0, 0.05) is 12.2 Å². The smallest absolute Gasteiger partial charge is 0.273 e. The van der Waals surface area contributed by atoms with Crippen molar-refractivity contribution in [3.63, 3.8) is 0 Å². The first-order valence-electron chi connectivity index (χ1n) is 11.3. The number of carbonyl (C=O) groups excluding carboxylic acids is 3. The highest BCUT2D eigenvalue weighted by Crippen LogP contribution is 2.34. The molecule has 38 heavy (non-hydrogen) atoms. The predicted octanol–water partition coefficient (Wildman–Crippen LogP) is 3.58. The second-order valence-electron chi connectivity index (χ2n) is 8.21. The molecule has 2 aromatic carbocycles. The molecule has 1 atom stereocenters. The molecular weight excluding hydrogens is 513 g/mol. The molecule has 0 aliphatic heterocycles. The molecule has 196 valence electrons. The number of hydrogen-bond acceptors (Lipinski definition) is 8. The number of rotatable bonds is 9. The largest absolute Gasteiger partial charge is 0.497 e. The number of ether oxygens (including phenoxy) is 1. The molecule has 0 fully saturated rings. The van der Waals surface area contributed by atoms with E-state index in [-0.39, 0.29) is 34.3 Å². The van der Waals surface area contributed by atoms with E-state index in [0.29, 0.717) is 23.0 Å². The summed E-state index contributed by atoms with van der Waals surface area (Å²) in [5.74, 6) is -1.44. The Morgan fingerprint density at radius 2 is 1.79 bits per heavy atom. The van der Waals surface area contributed by atoms with E-state index in [2.05, 4.69) is 9.69 Å². The molecule has 0 saturated heterocycles. The van der Waals surface area contributed by atoms with Gasteiger partial charge in [-0.05, 0) is 72.6 Å². The third-order valence-corrected chi connectivity index (χ3v) is 6.49. The lowest BCUT2D eigenvalue weighted by atomic mass is 10.1. The summed E-state index contributed by atoms with van der Waals surface area (Å²) in [6, 6.07) is 14.0. The predicted molar refractivity (Wildman–Crippen MR) is 139 cm³/mol. The number of nitrogens with one attached hydrogen (secondary N) is 1. The molecule has 4 rings (SSSR count). The highest BCUT2D eigenvalue weighted by atomic mass is 32.1. The number of carbonyl (C=O) groups is 3. The monoisotopic (exact) mass is 537 g/mol. The number of primary amides is 1. The molecule has 0 aliphatic rings. The number of benzene rings is 2. The number of furan rings is 1. The van der Waals surface area contributed by atoms with Gasteiger partial charge in [-0.25, -0.2) is 4.39 Å². The number of methoxy groups -OCH3 is 1. The molecule has 10 nitrogen and oxygen atoms in total. The summed E-state index contributed by atoms with van der Waals surface area (Å²) in [6.45, 7) is 1.83. The summed E-state index contributed by atoms with van der Waals surface area (Å²) in [5, 5.41) is 2.82. The van der Waals surface area contributed by atoms with E-state index in [1.54, 1.807) is 50.4 Å². The van der Waals surface area contributed by atoms with Crippen LogP contribution in [0.25, 0.3) is 0 Å². The highest BCUT2D eigenvalue weighted by Gasteiger charge is 2.37. The third-order valence-electron chi connectivity index (χ3n) is 5.64. The van der Waals surface area contributed by atoms with Crippen molar-refractivity contribution in [3.05, 3.63) is 94.1 Å². The van der Waals surface area contributed by atoms with Crippen LogP contribution in [-0.2, 0) is 11.3 Å². The van der Waals surface area contributed by atoms with Crippen molar-refractivity contribution >= 4 is 40.6 Å². The summed E-state index contributed by atoms with van der Waals surface area (Å²) in [5.41, 5.74) is 11.8. The van der Waals surface area contributed by atoms with E-state index < -0.39 is 29.6 Å². The Labute approximate surface area is 221 Å². The van der Waals surface area contributed by atoms with Crippen LogP contribution in [0.1, 0.15) is 43.3 Å². The summed E-state index contributed by atoms with van der Waals surface area (Å²) < 4.78 is 28.6. The second-order valence-corrected chi connectivity index (χ2v) is 8.98. The molecule has 0 spiro atoms. The van der Waals surface area contributed by atoms with Crippen LogP contribution in [0.5, 0.6) is 5.75 Å². The van der Waals surface area contributed by atoms with Gasteiger partial charge in [-0.1, -0.05) is 12.1 Å². The number of amides is 3. The zero-order valence-electron chi connectivity index (χ0n) is 20.4. The number of aryl methyl sites for hydroxylation is 1. The van der Waals surface area contributed by atoms with Crippen molar-refractivity contribution in [1.82, 2.24) is 9.69 Å². The van der Waals surface area contributed by atoms with Gasteiger partial charge in [-0.2, -0.15) is 4.37 Å². The van der Waals surface area contributed by atoms with Crippen molar-refractivity contribution in [2.45, 2.75) is 19.5 Å². The lowest BCUT2D eigenvalue weighted by Gasteiger charge is -2.29. The van der Waals surface area contributed by atoms with E-state index in [4.69, 9.17) is 20.6 Å². The first-order chi connectivity index (χ1) is 18.2. The van der Waals surface area contributed by atoms with Gasteiger partial charge in [0.25, 0.3) is 17.7 Å². The van der Waals surface area contributed by atoms with Gasteiger partial charge < -0.3 is 25.9 Å². The Balaban J connectivity index is 1.76. The quantitative estimate of drug-likeness (QED) is 0.295. The number of halogens is 1. The van der Waals surface area contributed by atoms with Crippen LogP contribution in [-0.4, -0.2) is 29.2 Å². The van der Waals surface area contributed by atoms with Gasteiger partial charge in [0.2, 0.25) is 0 Å². The lowest BCUT2D eigenvalue weighted by molar-refractivity contribution is -0.123. The Hall–Kier alpha value is -4.71. The Bertz CT molecular complexity index is 1470. The number of anilines is 2. The minimum absolute atomic E-state index is 0.112. The van der Waals surface area contributed by atoms with Crippen molar-refractivity contribution in [1.29, 1.82) is 0 Å². The van der Waals surface area contributed by atoms with Crippen LogP contribution >= 0.6 is 11.5 Å². The maximum absolute atomic E-state index is 13.9. The van der Waals surface area contributed by atoms with Gasteiger partial charge >= 0.3 is 0 Å². The first kappa shape index (κ1) is 26.4. The lowest BCUT2D eigenvalue weighted by Crippen LogP contribution is -2.43. The van der Waals surface area contributed by atoms with E-state index in [1.165, 1.54) is 12.1 Å². The Morgan fingerprint density at radius 1 is 1.11 bits per heavy atom. The van der Waals surface area contributed by atoms with Crippen molar-refractivity contribution in [3.8, 4) is 5.75 Å². The van der Waals surface area contributed by atoms with E-state index >= 15 is 0 Å². The van der Waals surface area contributed by atoms with Crippen molar-refractivity contribution in [2.24, 2.45) is 5.73 Å². The number of nitrogens with zero attached hydrogens (tertiary/aromatic N) is 2. The molecule has 4 aromatic rings. The first-order valence-corrected chi connectivity index (χ1v) is 12.1. The Morgan fingerprint density at radius 3 is 2.34 bits per heavy atom. The fraction of sp³-hybridized carbons (Fsp3) is 0.154. The summed E-state index contributed by atoms with van der Waals surface area (Å²) in [4.78, 5) is 40.3. The van der Waals surface area contributed by atoms with Crippen LogP contribution in [0.3, 0.4) is 0 Å². The van der Waals surface area contributed by atoms with E-state index in [1.807, 2.05) is 0 Å². The zero-order valence-corrected chi connectivity index (χ0v) is 21.3. The average Bonchev–Trinajstić information content (AvgIpc) is 3.51. The average molecular weight is 538 g/mol. The summed E-state index contributed by atoms with van der Waals surface area (Å²) >= 11 is 0.667. The molecule has 0 unspecified atom stereocenters. The molecule has 0 bridgehead atoms. The normalized spacial score (nSPS) is 11.6. The fourth-order valence-electron chi connectivity index (χ4n) is 3.73. The zero-order chi connectivity index (χ0) is 27.4. The van der Waals surface area contributed by atoms with Crippen LogP contribution in [0.15, 0.2) is 65.1 Å². The number of aromatic nitrogens is 1. The van der Waals surface area contributed by atoms with Crippen molar-refractivity contribution in [2.75, 3.05) is 17.7 Å². The molecule has 2 heterocycles. The minimum Gasteiger partial charge on any atom is -0.497 e. The molecular formula is C26H24FN5O5S. The van der Waals surface area contributed by atoms with E-state index in [0.717, 1.165) is 22.6 Å². The topological polar surface area (TPSA) is 154 Å². The molecule has 0 saturated carbocycles. The van der Waals surface area contributed by atoms with E-state index in [9.17, 15) is 18.8 Å². The third kappa shape index (κ3) is 5.49. The van der Waals surface area contributed by atoms with Crippen LogP contribution in [0.2, 0.25) is 0 Å². The number of hydrogen-bond donors (Lipinski definition) is 3. The Kier molecular flexibility index (Phi) is 7.72. The molecule has 12 heteroatoms. The molecule has 0 radical (unpaired) electrons. The molecule has 2 aromatic heterocycles. The van der Waals surface area contributed by atoms with Gasteiger partial charge in [0.05, 0.1) is 12.8 Å². The van der Waals surface area contributed by atoms with Crippen molar-refractivity contribution < 1.29 is 27.9 Å². The van der Waals surface area contributed by atoms with Gasteiger partial charge in [-0.3, -0.25) is 19.3 Å². The number of nitrogen functional groups attached to an aromatic ring is 1. The fourth-order valence-corrected chi connectivity index (χ4v) is 4.47. The SMILES string of the molecule is COc1ccc(CNC(=O)[C@@H](c2ccc(C)o2)N(C(=O)c2snc(C(N)=O)c2N)c2ccc(F)cc2)cc1. The van der Waals surface area contributed by atoms with Crippen LogP contribution < -0.4 is 26.4 Å². The summed E-state index contributed by atoms with van der Waals surface area (Å²) in [6.07, 6.45) is 0. The van der Waals surface area contributed by atoms with Crippen LogP contribution in [0.4, 0.5) is 15.8 Å².